The molecule has 1 aliphatic carbocycles. The van der Waals surface area contributed by atoms with Crippen LogP contribution in [-0.2, 0) is 6.42 Å². The van der Waals surface area contributed by atoms with E-state index in [2.05, 4.69) is 6.58 Å². The van der Waals surface area contributed by atoms with Gasteiger partial charge in [-0.05, 0) is 42.5 Å². The van der Waals surface area contributed by atoms with Gasteiger partial charge in [0.15, 0.2) is 16.5 Å². The van der Waals surface area contributed by atoms with Crippen molar-refractivity contribution in [2.45, 2.75) is 50.6 Å². The molecule has 0 saturated heterocycles. The van der Waals surface area contributed by atoms with Gasteiger partial charge in [0.1, 0.15) is 6.04 Å². The van der Waals surface area contributed by atoms with Crippen molar-refractivity contribution in [3.63, 3.8) is 0 Å². The van der Waals surface area contributed by atoms with Gasteiger partial charge in [0, 0.05) is 6.04 Å². The molecule has 1 heterocycles. The number of methoxy groups -OCH3 is 2. The Morgan fingerprint density at radius 3 is 2.31 bits per heavy atom. The van der Waals surface area contributed by atoms with Gasteiger partial charge < -0.3 is 15.2 Å². The van der Waals surface area contributed by atoms with E-state index >= 15 is 0 Å². The summed E-state index contributed by atoms with van der Waals surface area (Å²) < 4.78 is 10.5. The van der Waals surface area contributed by atoms with Crippen LogP contribution >= 0.6 is 0 Å². The van der Waals surface area contributed by atoms with Crippen LogP contribution in [-0.4, -0.2) is 36.8 Å². The summed E-state index contributed by atoms with van der Waals surface area (Å²) >= 11 is 0. The van der Waals surface area contributed by atoms with Crippen LogP contribution in [0.3, 0.4) is 0 Å². The van der Waals surface area contributed by atoms with E-state index in [4.69, 9.17) is 15.2 Å². The first-order valence-electron chi connectivity index (χ1n) is 9.05. The molecule has 2 N–H and O–H groups in total. The van der Waals surface area contributed by atoms with E-state index in [1.165, 1.54) is 37.1 Å². The minimum absolute atomic E-state index is 0.353. The standard InChI is InChI=1S/C13H16N2O4.C6H13N/c1-4-11-10-8-13(19-3)12(18-2)7-9(10)5-6-14(11)15(16)17;7-6-4-2-1-3-5-6/h4,7-8,11H,1,5-6H2,2-3H3;6H,1-5,7H2. The fraction of sp³-hybridized carbons (Fsp3) is 0.579. The molecule has 3 rings (SSSR count). The fourth-order valence-electron chi connectivity index (χ4n) is 3.53. The van der Waals surface area contributed by atoms with Gasteiger partial charge in [-0.1, -0.05) is 25.3 Å². The van der Waals surface area contributed by atoms with Crippen molar-refractivity contribution < 1.29 is 14.5 Å². The molecular weight excluding hydrogens is 334 g/mol. The summed E-state index contributed by atoms with van der Waals surface area (Å²) in [5.41, 5.74) is 7.51. The third-order valence-electron chi connectivity index (χ3n) is 4.98. The quantitative estimate of drug-likeness (QED) is 0.502. The van der Waals surface area contributed by atoms with Gasteiger partial charge in [0.25, 0.3) is 0 Å². The van der Waals surface area contributed by atoms with Crippen LogP contribution in [0.25, 0.3) is 0 Å². The summed E-state index contributed by atoms with van der Waals surface area (Å²) in [6, 6.07) is 3.75. The average Bonchev–Trinajstić information content (AvgIpc) is 2.66. The molecule has 1 aromatic carbocycles. The Labute approximate surface area is 154 Å². The third-order valence-corrected chi connectivity index (χ3v) is 4.98. The number of fused-ring (bicyclic) bond motifs is 1. The molecule has 1 aliphatic heterocycles. The topological polar surface area (TPSA) is 90.9 Å². The monoisotopic (exact) mass is 363 g/mol. The maximum Gasteiger partial charge on any atom is 0.161 e. The van der Waals surface area contributed by atoms with Crippen LogP contribution in [0.15, 0.2) is 24.8 Å². The van der Waals surface area contributed by atoms with Gasteiger partial charge in [-0.15, -0.1) is 11.6 Å². The summed E-state index contributed by atoms with van der Waals surface area (Å²) in [5, 5.41) is 11.8. The number of ether oxygens (including phenoxy) is 2. The van der Waals surface area contributed by atoms with Crippen LogP contribution in [0.2, 0.25) is 0 Å². The molecule has 1 aromatic rings. The summed E-state index contributed by atoms with van der Waals surface area (Å²) in [7, 11) is 3.11. The normalized spacial score (nSPS) is 19.7. The molecule has 0 amide bonds. The minimum atomic E-state index is -0.446. The van der Waals surface area contributed by atoms with Gasteiger partial charge in [0.2, 0.25) is 0 Å². The van der Waals surface area contributed by atoms with Crippen molar-refractivity contribution in [3.8, 4) is 11.5 Å². The molecule has 1 atom stereocenters. The molecule has 7 nitrogen and oxygen atoms in total. The van der Waals surface area contributed by atoms with Crippen LogP contribution in [0.4, 0.5) is 0 Å². The minimum Gasteiger partial charge on any atom is -0.493 e. The zero-order chi connectivity index (χ0) is 19.1. The molecule has 26 heavy (non-hydrogen) atoms. The van der Waals surface area contributed by atoms with E-state index in [1.807, 2.05) is 6.07 Å². The Hall–Kier alpha value is -2.28. The second-order valence-corrected chi connectivity index (χ2v) is 6.64. The van der Waals surface area contributed by atoms with Crippen LogP contribution in [0.1, 0.15) is 49.3 Å². The highest BCUT2D eigenvalue weighted by molar-refractivity contribution is 5.50. The lowest BCUT2D eigenvalue weighted by molar-refractivity contribution is -0.664. The van der Waals surface area contributed by atoms with E-state index in [0.717, 1.165) is 11.1 Å². The number of nitro groups is 1. The molecule has 2 aliphatic rings. The average molecular weight is 363 g/mol. The number of hydrogen-bond donors (Lipinski definition) is 1. The van der Waals surface area contributed by atoms with Crippen molar-refractivity contribution in [2.75, 3.05) is 20.8 Å². The van der Waals surface area contributed by atoms with Gasteiger partial charge in [-0.2, -0.15) is 0 Å². The Morgan fingerprint density at radius 2 is 1.85 bits per heavy atom. The largest absolute Gasteiger partial charge is 0.493 e. The van der Waals surface area contributed by atoms with Crippen LogP contribution in [0.5, 0.6) is 11.5 Å². The van der Waals surface area contributed by atoms with Crippen molar-refractivity contribution in [3.05, 3.63) is 46.0 Å². The molecule has 0 bridgehead atoms. The first-order chi connectivity index (χ1) is 12.5. The molecule has 0 spiro atoms. The van der Waals surface area contributed by atoms with Gasteiger partial charge in [-0.25, -0.2) is 10.1 Å². The Balaban J connectivity index is 0.000000290. The second kappa shape index (κ2) is 9.43. The summed E-state index contributed by atoms with van der Waals surface area (Å²) in [6.07, 6.45) is 8.84. The zero-order valence-corrected chi connectivity index (χ0v) is 15.6. The SMILES string of the molecule is C=CC1c2cc(OC)c(OC)cc2CCN1[N+](=O)[O-].NC1CCCCC1. The second-order valence-electron chi connectivity index (χ2n) is 6.64. The van der Waals surface area contributed by atoms with Crippen molar-refractivity contribution in [2.24, 2.45) is 5.73 Å². The molecule has 144 valence electrons. The molecule has 0 aromatic heterocycles. The molecule has 7 heteroatoms. The van der Waals surface area contributed by atoms with Gasteiger partial charge in [0.05, 0.1) is 20.8 Å². The van der Waals surface area contributed by atoms with E-state index in [9.17, 15) is 10.1 Å². The van der Waals surface area contributed by atoms with Crippen molar-refractivity contribution in [1.29, 1.82) is 0 Å². The number of hydrazine groups is 1. The highest BCUT2D eigenvalue weighted by Gasteiger charge is 2.32. The molecular formula is C19H29N3O4. The van der Waals surface area contributed by atoms with Crippen molar-refractivity contribution >= 4 is 0 Å². The predicted molar refractivity (Wildman–Crippen MR) is 101 cm³/mol. The molecule has 0 radical (unpaired) electrons. The molecule has 1 unspecified atom stereocenters. The maximum atomic E-state index is 11.0. The summed E-state index contributed by atoms with van der Waals surface area (Å²) in [4.78, 5) is 11.0. The number of nitrogens with two attached hydrogens (primary N) is 1. The fourth-order valence-corrected chi connectivity index (χ4v) is 3.53. The lowest BCUT2D eigenvalue weighted by Gasteiger charge is -2.29. The predicted octanol–water partition coefficient (Wildman–Crippen LogP) is 3.26. The van der Waals surface area contributed by atoms with Gasteiger partial charge in [-0.3, -0.25) is 0 Å². The Bertz CT molecular complexity index is 629. The van der Waals surface area contributed by atoms with Crippen molar-refractivity contribution in [1.82, 2.24) is 5.01 Å². The van der Waals surface area contributed by atoms with E-state index in [1.54, 1.807) is 26.4 Å². The summed E-state index contributed by atoms with van der Waals surface area (Å²) in [6.45, 7) is 4.05. The molecule has 1 fully saturated rings. The number of nitrogens with zero attached hydrogens (tertiary/aromatic N) is 2. The number of rotatable bonds is 4. The Morgan fingerprint density at radius 1 is 1.23 bits per heavy atom. The van der Waals surface area contributed by atoms with Crippen LogP contribution < -0.4 is 15.2 Å². The maximum absolute atomic E-state index is 11.0. The number of hydrogen-bond acceptors (Lipinski definition) is 5. The third kappa shape index (κ3) is 4.66. The van der Waals surface area contributed by atoms with E-state index < -0.39 is 6.04 Å². The Kier molecular flexibility index (Phi) is 7.26. The first kappa shape index (κ1) is 20.0. The first-order valence-corrected chi connectivity index (χ1v) is 9.05. The zero-order valence-electron chi connectivity index (χ0n) is 15.6. The summed E-state index contributed by atoms with van der Waals surface area (Å²) in [5.74, 6) is 1.21. The van der Waals surface area contributed by atoms with Crippen LogP contribution in [0, 0.1) is 10.1 Å². The smallest absolute Gasteiger partial charge is 0.161 e. The highest BCUT2D eigenvalue weighted by Crippen LogP contribution is 2.38. The lowest BCUT2D eigenvalue weighted by Crippen LogP contribution is -2.38. The van der Waals surface area contributed by atoms with E-state index in [-0.39, 0.29) is 5.03 Å². The molecule has 1 saturated carbocycles. The van der Waals surface area contributed by atoms with Gasteiger partial charge >= 0.3 is 0 Å². The van der Waals surface area contributed by atoms with E-state index in [0.29, 0.717) is 30.5 Å². The highest BCUT2D eigenvalue weighted by atomic mass is 16.7. The lowest BCUT2D eigenvalue weighted by atomic mass is 9.93. The number of benzene rings is 1.